The number of amides is 1. The van der Waals surface area contributed by atoms with E-state index >= 15 is 0 Å². The average Bonchev–Trinajstić information content (AvgIpc) is 2.66. The van der Waals surface area contributed by atoms with E-state index in [1.807, 2.05) is 64.1 Å². The molecular formula is C16H20N2OS. The summed E-state index contributed by atoms with van der Waals surface area (Å²) in [4.78, 5) is 19.6. The highest BCUT2D eigenvalue weighted by molar-refractivity contribution is 8.18. The molecule has 1 fully saturated rings. The second-order valence-corrected chi connectivity index (χ2v) is 6.30. The van der Waals surface area contributed by atoms with E-state index in [1.54, 1.807) is 4.90 Å². The summed E-state index contributed by atoms with van der Waals surface area (Å²) in [6.45, 7) is 8.07. The number of nitrogens with zero attached hydrogens (tertiary/aromatic N) is 2. The van der Waals surface area contributed by atoms with Gasteiger partial charge >= 0.3 is 0 Å². The Balaban J connectivity index is 2.34. The molecule has 1 aromatic rings. The summed E-state index contributed by atoms with van der Waals surface area (Å²) in [5.74, 6) is 0.0493. The summed E-state index contributed by atoms with van der Waals surface area (Å²) in [7, 11) is 0. The smallest absolute Gasteiger partial charge is 0.266 e. The molecule has 0 unspecified atom stereocenters. The predicted molar refractivity (Wildman–Crippen MR) is 86.6 cm³/mol. The Labute approximate surface area is 124 Å². The third-order valence-electron chi connectivity index (χ3n) is 2.82. The molecule has 0 bridgehead atoms. The van der Waals surface area contributed by atoms with E-state index in [2.05, 4.69) is 4.99 Å². The SMILES string of the molecule is CC(C)N=C1S/C(=C/c2ccccc2)C(=O)N1C(C)C. The summed E-state index contributed by atoms with van der Waals surface area (Å²) in [5, 5.41) is 0.808. The summed E-state index contributed by atoms with van der Waals surface area (Å²) < 4.78 is 0. The van der Waals surface area contributed by atoms with Crippen molar-refractivity contribution in [3.8, 4) is 0 Å². The fourth-order valence-electron chi connectivity index (χ4n) is 1.95. The summed E-state index contributed by atoms with van der Waals surface area (Å²) in [6.07, 6.45) is 1.94. The summed E-state index contributed by atoms with van der Waals surface area (Å²) in [6, 6.07) is 10.2. The Bertz CT molecular complexity index is 547. The molecule has 0 radical (unpaired) electrons. The zero-order valence-electron chi connectivity index (χ0n) is 12.3. The minimum atomic E-state index is 0.0493. The van der Waals surface area contributed by atoms with E-state index < -0.39 is 0 Å². The van der Waals surface area contributed by atoms with Gasteiger partial charge < -0.3 is 0 Å². The Kier molecular flexibility index (Phi) is 4.65. The molecule has 1 heterocycles. The maximum absolute atomic E-state index is 12.5. The first-order chi connectivity index (χ1) is 9.49. The number of rotatable bonds is 3. The van der Waals surface area contributed by atoms with Crippen molar-refractivity contribution in [3.63, 3.8) is 0 Å². The fraction of sp³-hybridized carbons (Fsp3) is 0.375. The highest BCUT2D eigenvalue weighted by Gasteiger charge is 2.35. The highest BCUT2D eigenvalue weighted by atomic mass is 32.2. The maximum Gasteiger partial charge on any atom is 0.266 e. The van der Waals surface area contributed by atoms with E-state index in [4.69, 9.17) is 0 Å². The van der Waals surface area contributed by atoms with Crippen LogP contribution in [0.5, 0.6) is 0 Å². The maximum atomic E-state index is 12.5. The molecule has 0 N–H and O–H groups in total. The van der Waals surface area contributed by atoms with Crippen molar-refractivity contribution in [2.24, 2.45) is 4.99 Å². The molecule has 1 aliphatic rings. The summed E-state index contributed by atoms with van der Waals surface area (Å²) >= 11 is 1.47. The molecule has 0 aliphatic carbocycles. The highest BCUT2D eigenvalue weighted by Crippen LogP contribution is 2.34. The molecule has 3 nitrogen and oxygen atoms in total. The second kappa shape index (κ2) is 6.27. The van der Waals surface area contributed by atoms with Gasteiger partial charge in [0.15, 0.2) is 5.17 Å². The van der Waals surface area contributed by atoms with Gasteiger partial charge in [0.05, 0.1) is 4.91 Å². The minimum absolute atomic E-state index is 0.0493. The molecular weight excluding hydrogens is 268 g/mol. The Morgan fingerprint density at radius 2 is 1.80 bits per heavy atom. The van der Waals surface area contributed by atoms with Gasteiger partial charge in [-0.15, -0.1) is 0 Å². The van der Waals surface area contributed by atoms with Gasteiger partial charge in [-0.3, -0.25) is 14.7 Å². The first-order valence-electron chi connectivity index (χ1n) is 6.85. The zero-order chi connectivity index (χ0) is 14.7. The Morgan fingerprint density at radius 3 is 2.35 bits per heavy atom. The predicted octanol–water partition coefficient (Wildman–Crippen LogP) is 3.78. The molecule has 0 saturated carbocycles. The van der Waals surface area contributed by atoms with E-state index in [9.17, 15) is 4.79 Å². The van der Waals surface area contributed by atoms with Crippen LogP contribution in [0.3, 0.4) is 0 Å². The third kappa shape index (κ3) is 3.31. The van der Waals surface area contributed by atoms with Crippen molar-refractivity contribution in [1.82, 2.24) is 4.90 Å². The van der Waals surface area contributed by atoms with Crippen molar-refractivity contribution >= 4 is 28.9 Å². The van der Waals surface area contributed by atoms with Crippen LogP contribution in [0.1, 0.15) is 33.3 Å². The molecule has 2 rings (SSSR count). The van der Waals surface area contributed by atoms with Crippen molar-refractivity contribution in [2.45, 2.75) is 39.8 Å². The largest absolute Gasteiger partial charge is 0.284 e. The van der Waals surface area contributed by atoms with Gasteiger partial charge in [-0.25, -0.2) is 0 Å². The van der Waals surface area contributed by atoms with Gasteiger partial charge in [0.25, 0.3) is 5.91 Å². The number of hydrogen-bond acceptors (Lipinski definition) is 3. The van der Waals surface area contributed by atoms with Crippen LogP contribution in [0.4, 0.5) is 0 Å². The topological polar surface area (TPSA) is 32.7 Å². The molecule has 1 aliphatic heterocycles. The lowest BCUT2D eigenvalue weighted by molar-refractivity contribution is -0.123. The lowest BCUT2D eigenvalue weighted by Crippen LogP contribution is -2.35. The lowest BCUT2D eigenvalue weighted by Gasteiger charge is -2.20. The van der Waals surface area contributed by atoms with Crippen LogP contribution >= 0.6 is 11.8 Å². The molecule has 0 aromatic heterocycles. The fourth-order valence-corrected chi connectivity index (χ4v) is 3.19. The van der Waals surface area contributed by atoms with Crippen molar-refractivity contribution < 1.29 is 4.79 Å². The zero-order valence-corrected chi connectivity index (χ0v) is 13.1. The quantitative estimate of drug-likeness (QED) is 0.793. The van der Waals surface area contributed by atoms with Crippen LogP contribution in [-0.4, -0.2) is 28.1 Å². The minimum Gasteiger partial charge on any atom is -0.284 e. The van der Waals surface area contributed by atoms with Gasteiger partial charge in [-0.2, -0.15) is 0 Å². The number of hydrogen-bond donors (Lipinski definition) is 0. The Hall–Kier alpha value is -1.55. The van der Waals surface area contributed by atoms with Crippen LogP contribution < -0.4 is 0 Å². The molecule has 106 valence electrons. The molecule has 0 spiro atoms. The van der Waals surface area contributed by atoms with Crippen LogP contribution in [0, 0.1) is 0 Å². The first kappa shape index (κ1) is 14.9. The third-order valence-corrected chi connectivity index (χ3v) is 3.82. The Morgan fingerprint density at radius 1 is 1.15 bits per heavy atom. The lowest BCUT2D eigenvalue weighted by atomic mass is 10.2. The van der Waals surface area contributed by atoms with Crippen molar-refractivity contribution in [3.05, 3.63) is 40.8 Å². The standard InChI is InChI=1S/C16H20N2OS/c1-11(2)17-16-18(12(3)4)15(19)14(20-16)10-13-8-6-5-7-9-13/h5-12H,1-4H3/b14-10+,17-16?. The van der Waals surface area contributed by atoms with Crippen LogP contribution in [0.25, 0.3) is 6.08 Å². The number of carbonyl (C=O) groups is 1. The van der Waals surface area contributed by atoms with Gasteiger partial charge in [0, 0.05) is 12.1 Å². The molecule has 1 amide bonds. The van der Waals surface area contributed by atoms with E-state index in [0.29, 0.717) is 0 Å². The molecule has 4 heteroatoms. The number of aliphatic imine (C=N–C) groups is 1. The number of thioether (sulfide) groups is 1. The van der Waals surface area contributed by atoms with Gasteiger partial charge in [0.2, 0.25) is 0 Å². The van der Waals surface area contributed by atoms with Gasteiger partial charge in [-0.1, -0.05) is 30.3 Å². The van der Waals surface area contributed by atoms with Crippen LogP contribution in [0.15, 0.2) is 40.2 Å². The molecule has 20 heavy (non-hydrogen) atoms. The number of carbonyl (C=O) groups excluding carboxylic acids is 1. The monoisotopic (exact) mass is 288 g/mol. The van der Waals surface area contributed by atoms with Gasteiger partial charge in [-0.05, 0) is 51.1 Å². The second-order valence-electron chi connectivity index (χ2n) is 5.30. The number of amidine groups is 1. The average molecular weight is 288 g/mol. The van der Waals surface area contributed by atoms with Gasteiger partial charge in [0.1, 0.15) is 0 Å². The van der Waals surface area contributed by atoms with E-state index in [-0.39, 0.29) is 18.0 Å². The molecule has 1 aromatic carbocycles. The van der Waals surface area contributed by atoms with Crippen molar-refractivity contribution in [2.75, 3.05) is 0 Å². The van der Waals surface area contributed by atoms with E-state index in [0.717, 1.165) is 15.6 Å². The van der Waals surface area contributed by atoms with Crippen LogP contribution in [0.2, 0.25) is 0 Å². The normalized spacial score (nSPS) is 19.9. The summed E-state index contributed by atoms with van der Waals surface area (Å²) in [5.41, 5.74) is 1.04. The van der Waals surface area contributed by atoms with Crippen LogP contribution in [-0.2, 0) is 4.79 Å². The number of benzene rings is 1. The molecule has 0 atom stereocenters. The van der Waals surface area contributed by atoms with E-state index in [1.165, 1.54) is 11.8 Å². The van der Waals surface area contributed by atoms with Crippen molar-refractivity contribution in [1.29, 1.82) is 0 Å². The first-order valence-corrected chi connectivity index (χ1v) is 7.66. The molecule has 1 saturated heterocycles.